The minimum absolute atomic E-state index is 0.0371. The fourth-order valence-electron chi connectivity index (χ4n) is 2.54. The van der Waals surface area contributed by atoms with Crippen molar-refractivity contribution in [2.45, 2.75) is 31.6 Å². The molecular weight excluding hydrogens is 346 g/mol. The zero-order valence-electron chi connectivity index (χ0n) is 14.3. The molecule has 0 atom stereocenters. The predicted octanol–water partition coefficient (Wildman–Crippen LogP) is 0.709. The van der Waals surface area contributed by atoms with Crippen molar-refractivity contribution in [2.24, 2.45) is 11.3 Å². The second kappa shape index (κ2) is 7.49. The van der Waals surface area contributed by atoms with Crippen LogP contribution in [-0.2, 0) is 19.6 Å². The number of hydrogen-bond acceptors (Lipinski definition) is 5. The number of aliphatic carboxylic acids is 1. The van der Waals surface area contributed by atoms with Gasteiger partial charge in [0, 0.05) is 37.9 Å². The molecule has 1 amide bonds. The molecule has 0 spiro atoms. The molecule has 1 aromatic rings. The average Bonchev–Trinajstić information content (AvgIpc) is 2.60. The van der Waals surface area contributed by atoms with E-state index in [0.717, 1.165) is 0 Å². The number of aromatic nitrogens is 1. The van der Waals surface area contributed by atoms with Crippen molar-refractivity contribution in [3.05, 3.63) is 24.5 Å². The molecule has 1 aliphatic heterocycles. The third-order valence-corrected chi connectivity index (χ3v) is 6.26. The van der Waals surface area contributed by atoms with E-state index in [-0.39, 0.29) is 36.4 Å². The number of carbonyl (C=O) groups is 2. The quantitative estimate of drug-likeness (QED) is 0.763. The first-order valence-corrected chi connectivity index (χ1v) is 9.50. The van der Waals surface area contributed by atoms with Crippen LogP contribution in [0.15, 0.2) is 29.4 Å². The number of rotatable bonds is 6. The Hall–Kier alpha value is -2.00. The summed E-state index contributed by atoms with van der Waals surface area (Å²) < 4.78 is 26.4. The van der Waals surface area contributed by atoms with E-state index in [2.05, 4.69) is 10.3 Å². The Morgan fingerprint density at radius 1 is 1.36 bits per heavy atom. The number of nitrogens with one attached hydrogen (secondary N) is 1. The Morgan fingerprint density at radius 2 is 2.00 bits per heavy atom. The third kappa shape index (κ3) is 4.55. The summed E-state index contributed by atoms with van der Waals surface area (Å²) in [6.07, 6.45) is 3.62. The van der Waals surface area contributed by atoms with Crippen molar-refractivity contribution in [3.63, 3.8) is 0 Å². The van der Waals surface area contributed by atoms with E-state index in [9.17, 15) is 18.0 Å². The van der Waals surface area contributed by atoms with E-state index in [0.29, 0.717) is 12.8 Å². The lowest BCUT2D eigenvalue weighted by Gasteiger charge is -2.31. The lowest BCUT2D eigenvalue weighted by atomic mass is 9.92. The summed E-state index contributed by atoms with van der Waals surface area (Å²) in [4.78, 5) is 27.3. The maximum absolute atomic E-state index is 12.5. The van der Waals surface area contributed by atoms with Gasteiger partial charge in [-0.3, -0.25) is 14.6 Å². The Kier molecular flexibility index (Phi) is 5.79. The highest BCUT2D eigenvalue weighted by molar-refractivity contribution is 7.89. The lowest BCUT2D eigenvalue weighted by molar-refractivity contribution is -0.147. The molecule has 0 saturated carbocycles. The minimum Gasteiger partial charge on any atom is -0.481 e. The summed E-state index contributed by atoms with van der Waals surface area (Å²) in [5.74, 6) is -1.53. The molecule has 1 saturated heterocycles. The molecule has 0 aliphatic carbocycles. The topological polar surface area (TPSA) is 117 Å². The van der Waals surface area contributed by atoms with Crippen LogP contribution in [0.25, 0.3) is 0 Å². The second-order valence-corrected chi connectivity index (χ2v) is 8.71. The molecule has 1 aromatic heterocycles. The number of piperidine rings is 1. The van der Waals surface area contributed by atoms with Gasteiger partial charge in [-0.2, -0.15) is 4.31 Å². The molecule has 8 nitrogen and oxygen atoms in total. The first kappa shape index (κ1) is 19.3. The van der Waals surface area contributed by atoms with E-state index in [1.54, 1.807) is 19.9 Å². The van der Waals surface area contributed by atoms with Crippen LogP contribution in [0, 0.1) is 11.3 Å². The number of hydrogen-bond donors (Lipinski definition) is 2. The predicted molar refractivity (Wildman–Crippen MR) is 90.1 cm³/mol. The Labute approximate surface area is 147 Å². The maximum atomic E-state index is 12.5. The van der Waals surface area contributed by atoms with Gasteiger partial charge in [-0.1, -0.05) is 0 Å². The van der Waals surface area contributed by atoms with Crippen LogP contribution in [-0.4, -0.2) is 54.3 Å². The number of carboxylic acids is 1. The summed E-state index contributed by atoms with van der Waals surface area (Å²) in [5, 5.41) is 11.7. The molecule has 2 rings (SSSR count). The van der Waals surface area contributed by atoms with Crippen molar-refractivity contribution in [1.29, 1.82) is 0 Å². The van der Waals surface area contributed by atoms with Gasteiger partial charge in [-0.25, -0.2) is 8.42 Å². The van der Waals surface area contributed by atoms with Crippen LogP contribution in [0.5, 0.6) is 0 Å². The van der Waals surface area contributed by atoms with Crippen LogP contribution >= 0.6 is 0 Å². The highest BCUT2D eigenvalue weighted by Crippen LogP contribution is 2.24. The SMILES string of the molecule is CC(C)(CNC(=O)C1CCN(S(=O)(=O)c2cccnc2)CC1)C(=O)O. The molecule has 25 heavy (non-hydrogen) atoms. The summed E-state index contributed by atoms with van der Waals surface area (Å²) in [6.45, 7) is 3.61. The fourth-order valence-corrected chi connectivity index (χ4v) is 3.97. The molecule has 138 valence electrons. The van der Waals surface area contributed by atoms with Gasteiger partial charge in [0.1, 0.15) is 4.90 Å². The summed E-state index contributed by atoms with van der Waals surface area (Å²) >= 11 is 0. The molecule has 0 radical (unpaired) electrons. The molecule has 0 aromatic carbocycles. The number of amides is 1. The number of sulfonamides is 1. The van der Waals surface area contributed by atoms with Crippen LogP contribution in [0.3, 0.4) is 0 Å². The normalized spacial score (nSPS) is 17.2. The largest absolute Gasteiger partial charge is 0.481 e. The minimum atomic E-state index is -3.60. The summed E-state index contributed by atoms with van der Waals surface area (Å²) in [7, 11) is -3.60. The lowest BCUT2D eigenvalue weighted by Crippen LogP contribution is -2.45. The first-order chi connectivity index (χ1) is 11.6. The van der Waals surface area contributed by atoms with Crippen molar-refractivity contribution in [3.8, 4) is 0 Å². The molecule has 0 bridgehead atoms. The smallest absolute Gasteiger partial charge is 0.310 e. The first-order valence-electron chi connectivity index (χ1n) is 8.06. The van der Waals surface area contributed by atoms with Gasteiger partial charge in [0.2, 0.25) is 15.9 Å². The monoisotopic (exact) mass is 369 g/mol. The summed E-state index contributed by atoms with van der Waals surface area (Å²) in [6, 6.07) is 3.06. The molecule has 9 heteroatoms. The molecule has 1 fully saturated rings. The Morgan fingerprint density at radius 3 is 2.52 bits per heavy atom. The van der Waals surface area contributed by atoms with Crippen LogP contribution < -0.4 is 5.32 Å². The zero-order valence-corrected chi connectivity index (χ0v) is 15.1. The number of carbonyl (C=O) groups excluding carboxylic acids is 1. The second-order valence-electron chi connectivity index (χ2n) is 6.77. The standard InChI is InChI=1S/C16H23N3O5S/c1-16(2,15(21)22)11-18-14(20)12-5-8-19(9-6-12)25(23,24)13-4-3-7-17-10-13/h3-4,7,10,12H,5-6,8-9,11H2,1-2H3,(H,18,20)(H,21,22). The van der Waals surface area contributed by atoms with Crippen LogP contribution in [0.1, 0.15) is 26.7 Å². The average molecular weight is 369 g/mol. The van der Waals surface area contributed by atoms with Crippen molar-refractivity contribution >= 4 is 21.9 Å². The van der Waals surface area contributed by atoms with Crippen LogP contribution in [0.2, 0.25) is 0 Å². The highest BCUT2D eigenvalue weighted by atomic mass is 32.2. The van der Waals surface area contributed by atoms with E-state index in [4.69, 9.17) is 5.11 Å². The van der Waals surface area contributed by atoms with Crippen molar-refractivity contribution < 1.29 is 23.1 Å². The van der Waals surface area contributed by atoms with Gasteiger partial charge in [-0.15, -0.1) is 0 Å². The Balaban J connectivity index is 1.91. The van der Waals surface area contributed by atoms with Gasteiger partial charge in [-0.05, 0) is 38.8 Å². The number of pyridine rings is 1. The van der Waals surface area contributed by atoms with Crippen LogP contribution in [0.4, 0.5) is 0 Å². The van der Waals surface area contributed by atoms with Gasteiger partial charge < -0.3 is 10.4 Å². The Bertz CT molecular complexity index is 725. The molecular formula is C16H23N3O5S. The van der Waals surface area contributed by atoms with E-state index < -0.39 is 21.4 Å². The molecule has 2 heterocycles. The number of carboxylic acid groups (broad SMARTS) is 1. The van der Waals surface area contributed by atoms with E-state index in [1.807, 2.05) is 0 Å². The fraction of sp³-hybridized carbons (Fsp3) is 0.562. The van der Waals surface area contributed by atoms with E-state index in [1.165, 1.54) is 22.8 Å². The van der Waals surface area contributed by atoms with Crippen molar-refractivity contribution in [2.75, 3.05) is 19.6 Å². The molecule has 1 aliphatic rings. The number of nitrogens with zero attached hydrogens (tertiary/aromatic N) is 2. The molecule has 2 N–H and O–H groups in total. The maximum Gasteiger partial charge on any atom is 0.310 e. The van der Waals surface area contributed by atoms with Gasteiger partial charge in [0.25, 0.3) is 0 Å². The molecule has 0 unspecified atom stereocenters. The third-order valence-electron chi connectivity index (χ3n) is 4.38. The van der Waals surface area contributed by atoms with E-state index >= 15 is 0 Å². The van der Waals surface area contributed by atoms with Gasteiger partial charge in [0.15, 0.2) is 0 Å². The highest BCUT2D eigenvalue weighted by Gasteiger charge is 2.33. The zero-order chi connectivity index (χ0) is 18.7. The van der Waals surface area contributed by atoms with Crippen molar-refractivity contribution in [1.82, 2.24) is 14.6 Å². The van der Waals surface area contributed by atoms with Gasteiger partial charge in [0.05, 0.1) is 5.41 Å². The summed E-state index contributed by atoms with van der Waals surface area (Å²) in [5.41, 5.74) is -1.04. The van der Waals surface area contributed by atoms with Gasteiger partial charge >= 0.3 is 5.97 Å².